The first kappa shape index (κ1) is 28.1. The molecule has 1 heterocycles. The summed E-state index contributed by atoms with van der Waals surface area (Å²) in [6.07, 6.45) is 4.52. The second-order valence-electron chi connectivity index (χ2n) is 8.18. The molecule has 1 atom stereocenters. The lowest BCUT2D eigenvalue weighted by Crippen LogP contribution is -2.47. The normalized spacial score (nSPS) is 16.3. The molecule has 1 aromatic rings. The predicted octanol–water partition coefficient (Wildman–Crippen LogP) is 4.00. The minimum absolute atomic E-state index is 0. The number of hydrogen-bond donors (Lipinski definition) is 1. The summed E-state index contributed by atoms with van der Waals surface area (Å²) in [6, 6.07) is 11.2. The lowest BCUT2D eigenvalue weighted by molar-refractivity contribution is 0.00990. The molecule has 1 unspecified atom stereocenters. The molecule has 6 nitrogen and oxygen atoms in total. The third-order valence-electron chi connectivity index (χ3n) is 5.76. The van der Waals surface area contributed by atoms with E-state index >= 15 is 0 Å². The molecule has 0 radical (unpaired) electrons. The molecule has 1 aliphatic rings. The van der Waals surface area contributed by atoms with Gasteiger partial charge in [-0.3, -0.25) is 9.89 Å². The number of halogens is 1. The van der Waals surface area contributed by atoms with Crippen LogP contribution < -0.4 is 5.32 Å². The summed E-state index contributed by atoms with van der Waals surface area (Å²) in [6.45, 7) is 10.7. The van der Waals surface area contributed by atoms with Crippen molar-refractivity contribution in [2.24, 2.45) is 4.99 Å². The minimum Gasteiger partial charge on any atom is -0.385 e. The van der Waals surface area contributed by atoms with E-state index in [1.165, 1.54) is 5.56 Å². The van der Waals surface area contributed by atoms with Gasteiger partial charge in [-0.1, -0.05) is 30.3 Å². The highest BCUT2D eigenvalue weighted by molar-refractivity contribution is 14.0. The van der Waals surface area contributed by atoms with Crippen molar-refractivity contribution in [2.45, 2.75) is 58.2 Å². The van der Waals surface area contributed by atoms with Gasteiger partial charge in [0.25, 0.3) is 0 Å². The number of aliphatic imine (C=N–C) groups is 1. The second-order valence-corrected chi connectivity index (χ2v) is 8.18. The van der Waals surface area contributed by atoms with Crippen LogP contribution in [0, 0.1) is 0 Å². The monoisotopic (exact) mass is 546 g/mol. The number of methoxy groups -OCH3 is 1. The van der Waals surface area contributed by atoms with Crippen molar-refractivity contribution in [2.75, 3.05) is 53.6 Å². The quantitative estimate of drug-likeness (QED) is 0.186. The van der Waals surface area contributed by atoms with Gasteiger partial charge in [0.15, 0.2) is 5.96 Å². The van der Waals surface area contributed by atoms with Crippen LogP contribution in [-0.4, -0.2) is 81.5 Å². The molecule has 1 N–H and O–H groups in total. The lowest BCUT2D eigenvalue weighted by atomic mass is 10.1. The Morgan fingerprint density at radius 2 is 1.94 bits per heavy atom. The van der Waals surface area contributed by atoms with E-state index in [-0.39, 0.29) is 24.0 Å². The zero-order valence-corrected chi connectivity index (χ0v) is 22.2. The van der Waals surface area contributed by atoms with Gasteiger partial charge >= 0.3 is 0 Å². The van der Waals surface area contributed by atoms with E-state index in [0.717, 1.165) is 77.6 Å². The maximum atomic E-state index is 5.99. The Morgan fingerprint density at radius 3 is 2.58 bits per heavy atom. The van der Waals surface area contributed by atoms with E-state index < -0.39 is 0 Å². The second kappa shape index (κ2) is 16.7. The average Bonchev–Trinajstić information content (AvgIpc) is 2.77. The van der Waals surface area contributed by atoms with Gasteiger partial charge in [-0.25, -0.2) is 0 Å². The van der Waals surface area contributed by atoms with E-state index in [1.807, 2.05) is 0 Å². The Hall–Kier alpha value is -0.900. The molecule has 0 amide bonds. The maximum absolute atomic E-state index is 5.99. The summed E-state index contributed by atoms with van der Waals surface area (Å²) < 4.78 is 11.1. The van der Waals surface area contributed by atoms with E-state index in [9.17, 15) is 0 Å². The van der Waals surface area contributed by atoms with Gasteiger partial charge in [0.1, 0.15) is 0 Å². The van der Waals surface area contributed by atoms with Crippen molar-refractivity contribution < 1.29 is 9.47 Å². The van der Waals surface area contributed by atoms with Gasteiger partial charge in [-0.2, -0.15) is 0 Å². The zero-order chi connectivity index (χ0) is 21.6. The molecule has 0 aromatic heterocycles. The Morgan fingerprint density at radius 1 is 1.23 bits per heavy atom. The smallest absolute Gasteiger partial charge is 0.193 e. The largest absolute Gasteiger partial charge is 0.385 e. The zero-order valence-electron chi connectivity index (χ0n) is 19.9. The predicted molar refractivity (Wildman–Crippen MR) is 140 cm³/mol. The Balaban J connectivity index is 0.00000480. The number of nitrogens with one attached hydrogen (secondary N) is 1. The van der Waals surface area contributed by atoms with Gasteiger partial charge in [0.05, 0.1) is 6.10 Å². The molecular formula is C24H43IN4O2. The molecule has 1 aliphatic heterocycles. The summed E-state index contributed by atoms with van der Waals surface area (Å²) in [5.74, 6) is 1.05. The van der Waals surface area contributed by atoms with Crippen molar-refractivity contribution in [1.29, 1.82) is 0 Å². The van der Waals surface area contributed by atoms with Crippen LogP contribution in [0.4, 0.5) is 0 Å². The highest BCUT2D eigenvalue weighted by Gasteiger charge is 2.22. The molecule has 1 aromatic carbocycles. The van der Waals surface area contributed by atoms with Crippen molar-refractivity contribution >= 4 is 29.9 Å². The molecule has 31 heavy (non-hydrogen) atoms. The summed E-state index contributed by atoms with van der Waals surface area (Å²) in [5, 5.41) is 3.47. The number of benzene rings is 1. The highest BCUT2D eigenvalue weighted by atomic mass is 127. The Bertz CT molecular complexity index is 595. The molecule has 1 fully saturated rings. The van der Waals surface area contributed by atoms with Gasteiger partial charge < -0.3 is 19.7 Å². The number of likely N-dealkylation sites (tertiary alicyclic amines) is 1. The van der Waals surface area contributed by atoms with Crippen LogP contribution >= 0.6 is 24.0 Å². The van der Waals surface area contributed by atoms with Crippen molar-refractivity contribution in [3.63, 3.8) is 0 Å². The van der Waals surface area contributed by atoms with Crippen molar-refractivity contribution in [3.8, 4) is 0 Å². The fraction of sp³-hybridized carbons (Fsp3) is 0.708. The molecular weight excluding hydrogens is 503 g/mol. The number of piperidine rings is 1. The van der Waals surface area contributed by atoms with Gasteiger partial charge in [0, 0.05) is 59.1 Å². The van der Waals surface area contributed by atoms with Crippen LogP contribution in [0.2, 0.25) is 0 Å². The minimum atomic E-state index is 0. The highest BCUT2D eigenvalue weighted by Crippen LogP contribution is 2.15. The van der Waals surface area contributed by atoms with Crippen LogP contribution in [0.25, 0.3) is 0 Å². The summed E-state index contributed by atoms with van der Waals surface area (Å²) in [7, 11) is 3.94. The van der Waals surface area contributed by atoms with Crippen LogP contribution in [0.15, 0.2) is 35.3 Å². The third kappa shape index (κ3) is 11.0. The van der Waals surface area contributed by atoms with E-state index in [2.05, 4.69) is 66.3 Å². The van der Waals surface area contributed by atoms with E-state index in [1.54, 1.807) is 7.11 Å². The SMILES string of the molecule is CCNC(=NCCC(C)N(C)Cc1ccccc1)N1CCC(OCCCOC)CC1.I. The average molecular weight is 547 g/mol. The number of nitrogens with zero attached hydrogens (tertiary/aromatic N) is 3. The summed E-state index contributed by atoms with van der Waals surface area (Å²) in [4.78, 5) is 9.72. The number of ether oxygens (including phenoxy) is 2. The first-order valence-corrected chi connectivity index (χ1v) is 11.5. The Labute approximate surface area is 206 Å². The number of hydrogen-bond acceptors (Lipinski definition) is 4. The van der Waals surface area contributed by atoms with Crippen LogP contribution in [0.5, 0.6) is 0 Å². The summed E-state index contributed by atoms with van der Waals surface area (Å²) in [5.41, 5.74) is 1.36. The lowest BCUT2D eigenvalue weighted by Gasteiger charge is -2.34. The molecule has 0 bridgehead atoms. The molecule has 7 heteroatoms. The first-order chi connectivity index (χ1) is 14.6. The number of guanidine groups is 1. The molecule has 178 valence electrons. The van der Waals surface area contributed by atoms with Crippen molar-refractivity contribution in [1.82, 2.24) is 15.1 Å². The van der Waals surface area contributed by atoms with Crippen molar-refractivity contribution in [3.05, 3.63) is 35.9 Å². The standard InChI is InChI=1S/C24H42N4O2.HI/c1-5-25-24(28-16-13-23(14-17-28)30-19-9-18-29-4)26-15-12-21(2)27(3)20-22-10-7-6-8-11-22;/h6-8,10-11,21,23H,5,9,12-20H2,1-4H3,(H,25,26);1H. The van der Waals surface area contributed by atoms with Crippen LogP contribution in [0.3, 0.4) is 0 Å². The van der Waals surface area contributed by atoms with E-state index in [0.29, 0.717) is 12.1 Å². The Kier molecular flexibility index (Phi) is 15.2. The third-order valence-corrected chi connectivity index (χ3v) is 5.76. The van der Waals surface area contributed by atoms with E-state index in [4.69, 9.17) is 14.5 Å². The van der Waals surface area contributed by atoms with Crippen LogP contribution in [0.1, 0.15) is 45.1 Å². The molecule has 0 saturated carbocycles. The molecule has 1 saturated heterocycles. The molecule has 2 rings (SSSR count). The van der Waals surface area contributed by atoms with Gasteiger partial charge in [-0.15, -0.1) is 24.0 Å². The van der Waals surface area contributed by atoms with Gasteiger partial charge in [0.2, 0.25) is 0 Å². The van der Waals surface area contributed by atoms with Crippen LogP contribution in [-0.2, 0) is 16.0 Å². The fourth-order valence-corrected chi connectivity index (χ4v) is 3.72. The summed E-state index contributed by atoms with van der Waals surface area (Å²) >= 11 is 0. The topological polar surface area (TPSA) is 49.3 Å². The first-order valence-electron chi connectivity index (χ1n) is 11.5. The molecule has 0 aliphatic carbocycles. The molecule has 0 spiro atoms. The maximum Gasteiger partial charge on any atom is 0.193 e. The number of rotatable bonds is 12. The fourth-order valence-electron chi connectivity index (χ4n) is 3.72. The van der Waals surface area contributed by atoms with Gasteiger partial charge in [-0.05, 0) is 52.1 Å².